The van der Waals surface area contributed by atoms with E-state index >= 15 is 4.39 Å². The summed E-state index contributed by atoms with van der Waals surface area (Å²) in [5, 5.41) is 14.0. The Balaban J connectivity index is 1.61. The van der Waals surface area contributed by atoms with Crippen molar-refractivity contribution in [2.45, 2.75) is 43.9 Å². The van der Waals surface area contributed by atoms with Gasteiger partial charge in [0, 0.05) is 30.3 Å². The van der Waals surface area contributed by atoms with Gasteiger partial charge in [-0.05, 0) is 18.6 Å². The summed E-state index contributed by atoms with van der Waals surface area (Å²) in [4.78, 5) is 41.1. The lowest BCUT2D eigenvalue weighted by atomic mass is 10.0. The Morgan fingerprint density at radius 1 is 1.29 bits per heavy atom. The predicted molar refractivity (Wildman–Crippen MR) is 114 cm³/mol. The Hall–Kier alpha value is -2.80. The molecule has 8 nitrogen and oxygen atoms in total. The number of halogens is 6. The van der Waals surface area contributed by atoms with Crippen LogP contribution in [0, 0.1) is 5.82 Å². The Bertz CT molecular complexity index is 1230. The highest BCUT2D eigenvalue weighted by atomic mass is 35.5. The fraction of sp³-hybridized carbons (Fsp3) is 0.333. The quantitative estimate of drug-likeness (QED) is 0.410. The maximum absolute atomic E-state index is 15.3. The number of carbonyl (C=O) groups excluding carboxylic acids is 3. The lowest BCUT2D eigenvalue weighted by Crippen LogP contribution is -2.51. The lowest BCUT2D eigenvalue weighted by Gasteiger charge is -2.31. The van der Waals surface area contributed by atoms with E-state index in [1.54, 1.807) is 5.32 Å². The summed E-state index contributed by atoms with van der Waals surface area (Å²) >= 11 is 11.5. The molecule has 2 aliphatic rings. The van der Waals surface area contributed by atoms with E-state index in [1.165, 1.54) is 11.0 Å². The number of imide groups is 1. The average Bonchev–Trinajstić information content (AvgIpc) is 3.09. The van der Waals surface area contributed by atoms with Gasteiger partial charge in [-0.2, -0.15) is 13.2 Å². The fourth-order valence-electron chi connectivity index (χ4n) is 4.09. The summed E-state index contributed by atoms with van der Waals surface area (Å²) in [6, 6.07) is -0.431. The van der Waals surface area contributed by atoms with E-state index in [1.807, 2.05) is 0 Å². The second kappa shape index (κ2) is 9.34. The molecule has 1 fully saturated rings. The number of aromatic nitrogens is 1. The van der Waals surface area contributed by atoms with Gasteiger partial charge in [-0.15, -0.1) is 0 Å². The smallest absolute Gasteiger partial charge is 0.374 e. The number of piperidine rings is 1. The van der Waals surface area contributed by atoms with Gasteiger partial charge in [-0.3, -0.25) is 29.6 Å². The van der Waals surface area contributed by atoms with Gasteiger partial charge in [0.05, 0.1) is 27.3 Å². The van der Waals surface area contributed by atoms with Crippen LogP contribution in [-0.2, 0) is 16.1 Å². The van der Waals surface area contributed by atoms with Gasteiger partial charge >= 0.3 is 6.18 Å². The summed E-state index contributed by atoms with van der Waals surface area (Å²) in [6.07, 6.45) is -5.40. The summed E-state index contributed by atoms with van der Waals surface area (Å²) in [5.41, 5.74) is -1.53. The van der Waals surface area contributed by atoms with Crippen LogP contribution in [0.3, 0.4) is 0 Å². The number of nitrogens with one attached hydrogen (secondary N) is 2. The molecule has 2 aromatic rings. The number of pyridine rings is 1. The highest BCUT2D eigenvalue weighted by molar-refractivity contribution is 6.34. The van der Waals surface area contributed by atoms with Crippen molar-refractivity contribution in [1.82, 2.24) is 20.5 Å². The van der Waals surface area contributed by atoms with Crippen molar-refractivity contribution in [3.8, 4) is 0 Å². The molecule has 186 valence electrons. The van der Waals surface area contributed by atoms with Gasteiger partial charge < -0.3 is 10.4 Å². The molecule has 0 spiro atoms. The second-order valence-corrected chi connectivity index (χ2v) is 8.82. The van der Waals surface area contributed by atoms with E-state index in [-0.39, 0.29) is 35.5 Å². The molecule has 1 aromatic heterocycles. The van der Waals surface area contributed by atoms with Gasteiger partial charge in [0.1, 0.15) is 12.0 Å². The first-order valence-corrected chi connectivity index (χ1v) is 10.9. The average molecular weight is 535 g/mol. The molecule has 0 saturated carbocycles. The van der Waals surface area contributed by atoms with Gasteiger partial charge in [0.15, 0.2) is 6.04 Å². The number of nitrogens with zero attached hydrogens (tertiary/aromatic N) is 2. The normalized spacial score (nSPS) is 21.5. The summed E-state index contributed by atoms with van der Waals surface area (Å²) in [7, 11) is 0. The Morgan fingerprint density at radius 3 is 2.63 bits per heavy atom. The zero-order chi connectivity index (χ0) is 25.7. The molecule has 3 amide bonds. The van der Waals surface area contributed by atoms with E-state index in [0.29, 0.717) is 0 Å². The molecule has 0 bridgehead atoms. The van der Waals surface area contributed by atoms with Crippen molar-refractivity contribution < 1.29 is 37.1 Å². The Kier molecular flexibility index (Phi) is 6.75. The first-order valence-electron chi connectivity index (χ1n) is 10.2. The van der Waals surface area contributed by atoms with Gasteiger partial charge in [0.2, 0.25) is 11.8 Å². The maximum atomic E-state index is 15.3. The van der Waals surface area contributed by atoms with E-state index < -0.39 is 64.3 Å². The number of rotatable bonds is 4. The fourth-order valence-corrected chi connectivity index (χ4v) is 4.58. The van der Waals surface area contributed by atoms with Crippen LogP contribution in [0.1, 0.15) is 52.3 Å². The first kappa shape index (κ1) is 25.3. The van der Waals surface area contributed by atoms with Crippen LogP contribution in [0.15, 0.2) is 24.4 Å². The second-order valence-electron chi connectivity index (χ2n) is 7.98. The number of benzene rings is 1. The van der Waals surface area contributed by atoms with Crippen LogP contribution in [0.2, 0.25) is 10.0 Å². The van der Waals surface area contributed by atoms with E-state index in [0.717, 1.165) is 18.3 Å². The molecule has 4 rings (SSSR count). The van der Waals surface area contributed by atoms with E-state index in [4.69, 9.17) is 23.2 Å². The van der Waals surface area contributed by atoms with Crippen molar-refractivity contribution >= 4 is 40.9 Å². The molecular weight excluding hydrogens is 519 g/mol. The van der Waals surface area contributed by atoms with Crippen LogP contribution in [0.5, 0.6) is 0 Å². The topological polar surface area (TPSA) is 112 Å². The van der Waals surface area contributed by atoms with Gasteiger partial charge in [-0.1, -0.05) is 29.3 Å². The van der Waals surface area contributed by atoms with Crippen molar-refractivity contribution in [2.75, 3.05) is 0 Å². The highest BCUT2D eigenvalue weighted by Crippen LogP contribution is 2.39. The molecule has 3 N–H and O–H groups in total. The molecule has 0 radical (unpaired) electrons. The Morgan fingerprint density at radius 2 is 2.00 bits per heavy atom. The number of amides is 3. The number of fused-ring (bicyclic) bond motifs is 1. The van der Waals surface area contributed by atoms with Gasteiger partial charge in [0.25, 0.3) is 5.91 Å². The molecule has 14 heteroatoms. The molecular formula is C21H16Cl2F4N4O4. The van der Waals surface area contributed by atoms with Crippen molar-refractivity contribution in [1.29, 1.82) is 0 Å². The van der Waals surface area contributed by atoms with Crippen LogP contribution in [0.25, 0.3) is 0 Å². The standard InChI is InChI=1S/C21H16Cl2F4N4O4/c22-8-5-12(23)16(28-6-8)17(21(25,26)27)30-18(33)10-2-1-9-11(15(10)24)7-31(20(9)35)13-3-4-14(32)29-19(13)34/h1-2,5-6,13,17,20,35H,3-4,7H2,(H,30,33)(H,29,32,34). The largest absolute Gasteiger partial charge is 0.414 e. The van der Waals surface area contributed by atoms with Crippen molar-refractivity contribution in [3.63, 3.8) is 0 Å². The molecule has 3 atom stereocenters. The molecule has 35 heavy (non-hydrogen) atoms. The third-order valence-electron chi connectivity index (χ3n) is 5.78. The molecule has 3 unspecified atom stereocenters. The number of aliphatic hydroxyl groups is 1. The van der Waals surface area contributed by atoms with E-state index in [2.05, 4.69) is 10.3 Å². The number of alkyl halides is 3. The highest BCUT2D eigenvalue weighted by Gasteiger charge is 2.45. The summed E-state index contributed by atoms with van der Waals surface area (Å²) in [6.45, 7) is -0.303. The van der Waals surface area contributed by atoms with Gasteiger partial charge in [-0.25, -0.2) is 4.39 Å². The number of aliphatic hydroxyl groups excluding tert-OH is 1. The molecule has 1 aromatic carbocycles. The number of hydrogen-bond acceptors (Lipinski definition) is 6. The van der Waals surface area contributed by atoms with Crippen LogP contribution < -0.4 is 10.6 Å². The maximum Gasteiger partial charge on any atom is 0.414 e. The molecule has 0 aliphatic carbocycles. The zero-order valence-corrected chi connectivity index (χ0v) is 19.0. The summed E-state index contributed by atoms with van der Waals surface area (Å²) in [5.74, 6) is -3.68. The zero-order valence-electron chi connectivity index (χ0n) is 17.5. The lowest BCUT2D eigenvalue weighted by molar-refractivity contribution is -0.156. The van der Waals surface area contributed by atoms with Crippen LogP contribution in [0.4, 0.5) is 17.6 Å². The minimum Gasteiger partial charge on any atom is -0.374 e. The van der Waals surface area contributed by atoms with Crippen molar-refractivity contribution in [2.24, 2.45) is 0 Å². The summed E-state index contributed by atoms with van der Waals surface area (Å²) < 4.78 is 56.4. The molecule has 1 saturated heterocycles. The minimum atomic E-state index is -5.02. The number of carbonyl (C=O) groups is 3. The molecule has 2 aliphatic heterocycles. The van der Waals surface area contributed by atoms with Crippen LogP contribution in [-0.4, -0.2) is 44.9 Å². The first-order chi connectivity index (χ1) is 16.4. The Labute approximate surface area is 205 Å². The third kappa shape index (κ3) is 4.83. The SMILES string of the molecule is O=C1CCC(N2Cc3c(ccc(C(=O)NC(c4ncc(Cl)cc4Cl)C(F)(F)F)c3F)C2O)C(=O)N1. The third-order valence-corrected chi connectivity index (χ3v) is 6.29. The number of hydrogen-bond donors (Lipinski definition) is 3. The minimum absolute atomic E-state index is 0.0187. The molecule has 3 heterocycles. The van der Waals surface area contributed by atoms with E-state index in [9.17, 15) is 32.7 Å². The monoisotopic (exact) mass is 534 g/mol. The van der Waals surface area contributed by atoms with Crippen LogP contribution >= 0.6 is 23.2 Å². The van der Waals surface area contributed by atoms with Crippen molar-refractivity contribution in [3.05, 3.63) is 62.6 Å². The predicted octanol–water partition coefficient (Wildman–Crippen LogP) is 3.17.